The van der Waals surface area contributed by atoms with Gasteiger partial charge in [-0.3, -0.25) is 5.32 Å². The number of nitrogens with zero attached hydrogens (tertiary/aromatic N) is 3. The zero-order valence-electron chi connectivity index (χ0n) is 7.64. The summed E-state index contributed by atoms with van der Waals surface area (Å²) in [6.45, 7) is 0. The van der Waals surface area contributed by atoms with Crippen LogP contribution in [0.4, 0.5) is 11.8 Å². The number of furan rings is 1. The van der Waals surface area contributed by atoms with Crippen LogP contribution in [0.15, 0.2) is 35.3 Å². The summed E-state index contributed by atoms with van der Waals surface area (Å²) >= 11 is 0. The molecule has 0 saturated carbocycles. The van der Waals surface area contributed by atoms with Crippen LogP contribution in [-0.4, -0.2) is 19.9 Å². The molecule has 3 rings (SSSR count). The van der Waals surface area contributed by atoms with Gasteiger partial charge in [0.2, 0.25) is 5.95 Å². The lowest BCUT2D eigenvalue weighted by Gasteiger charge is -1.98. The number of aromatic nitrogens is 4. The number of anilines is 2. The molecule has 0 aliphatic rings. The van der Waals surface area contributed by atoms with E-state index < -0.39 is 0 Å². The molecular formula is C9H7N5O. The Balaban J connectivity index is 1.97. The first kappa shape index (κ1) is 7.98. The largest absolute Gasteiger partial charge is 0.449 e. The lowest BCUT2D eigenvalue weighted by atomic mass is 10.5. The fourth-order valence-electron chi connectivity index (χ4n) is 1.26. The van der Waals surface area contributed by atoms with Gasteiger partial charge >= 0.3 is 0 Å². The molecule has 0 saturated heterocycles. The number of fused-ring (bicyclic) bond motifs is 1. The monoisotopic (exact) mass is 201 g/mol. The molecule has 0 aliphatic carbocycles. The van der Waals surface area contributed by atoms with Crippen LogP contribution in [0.3, 0.4) is 0 Å². The van der Waals surface area contributed by atoms with Crippen molar-refractivity contribution in [3.05, 3.63) is 30.9 Å². The van der Waals surface area contributed by atoms with Crippen molar-refractivity contribution in [2.75, 3.05) is 5.32 Å². The average Bonchev–Trinajstić information content (AvgIpc) is 2.87. The van der Waals surface area contributed by atoms with Crippen molar-refractivity contribution in [1.29, 1.82) is 0 Å². The van der Waals surface area contributed by atoms with Gasteiger partial charge in [-0.1, -0.05) is 0 Å². The van der Waals surface area contributed by atoms with Gasteiger partial charge in [0.25, 0.3) is 0 Å². The van der Waals surface area contributed by atoms with E-state index in [0.29, 0.717) is 17.5 Å². The van der Waals surface area contributed by atoms with Crippen LogP contribution in [0.5, 0.6) is 0 Å². The van der Waals surface area contributed by atoms with Crippen LogP contribution < -0.4 is 5.32 Å². The lowest BCUT2D eigenvalue weighted by Crippen LogP contribution is -1.95. The smallest absolute Gasteiger partial charge is 0.231 e. The third-order valence-corrected chi connectivity index (χ3v) is 1.93. The minimum absolute atomic E-state index is 0.463. The first-order valence-electron chi connectivity index (χ1n) is 4.38. The van der Waals surface area contributed by atoms with Crippen molar-refractivity contribution >= 4 is 23.0 Å². The summed E-state index contributed by atoms with van der Waals surface area (Å²) in [6.07, 6.45) is 4.83. The Morgan fingerprint density at radius 3 is 3.20 bits per heavy atom. The van der Waals surface area contributed by atoms with Gasteiger partial charge in [0.1, 0.15) is 5.52 Å². The zero-order valence-corrected chi connectivity index (χ0v) is 7.64. The molecule has 6 heteroatoms. The van der Waals surface area contributed by atoms with E-state index in [9.17, 15) is 0 Å². The number of aromatic amines is 1. The Morgan fingerprint density at radius 2 is 2.33 bits per heavy atom. The van der Waals surface area contributed by atoms with Crippen LogP contribution in [0.2, 0.25) is 0 Å². The van der Waals surface area contributed by atoms with E-state index in [1.807, 2.05) is 0 Å². The molecule has 3 aromatic rings. The Labute approximate surface area is 84.4 Å². The SMILES string of the molecule is c1coc(Nc2ncc3[nH]cnc3n2)c1. The van der Waals surface area contributed by atoms with Gasteiger partial charge in [-0.25, -0.2) is 9.97 Å². The van der Waals surface area contributed by atoms with Crippen molar-refractivity contribution in [2.24, 2.45) is 0 Å². The summed E-state index contributed by atoms with van der Waals surface area (Å²) in [4.78, 5) is 15.2. The van der Waals surface area contributed by atoms with Crippen LogP contribution >= 0.6 is 0 Å². The Bertz CT molecular complexity index is 571. The Morgan fingerprint density at radius 1 is 1.33 bits per heavy atom. The first-order chi connectivity index (χ1) is 7.42. The van der Waals surface area contributed by atoms with Crippen LogP contribution in [0, 0.1) is 0 Å². The minimum Gasteiger partial charge on any atom is -0.449 e. The summed E-state index contributed by atoms with van der Waals surface area (Å²) in [5.41, 5.74) is 1.43. The van der Waals surface area contributed by atoms with Gasteiger partial charge in [0.05, 0.1) is 18.8 Å². The summed E-state index contributed by atoms with van der Waals surface area (Å²) in [5, 5.41) is 2.92. The van der Waals surface area contributed by atoms with E-state index in [-0.39, 0.29) is 0 Å². The highest BCUT2D eigenvalue weighted by atomic mass is 16.3. The molecule has 0 aromatic carbocycles. The molecule has 0 amide bonds. The second-order valence-corrected chi connectivity index (χ2v) is 2.94. The Kier molecular flexibility index (Phi) is 1.64. The van der Waals surface area contributed by atoms with Crippen molar-refractivity contribution in [3.8, 4) is 0 Å². The van der Waals surface area contributed by atoms with Crippen LogP contribution in [0.25, 0.3) is 11.2 Å². The average molecular weight is 201 g/mol. The normalized spacial score (nSPS) is 10.7. The fourth-order valence-corrected chi connectivity index (χ4v) is 1.26. The predicted octanol–water partition coefficient (Wildman–Crippen LogP) is 1.69. The molecule has 0 radical (unpaired) electrons. The van der Waals surface area contributed by atoms with E-state index in [4.69, 9.17) is 4.42 Å². The third-order valence-electron chi connectivity index (χ3n) is 1.93. The van der Waals surface area contributed by atoms with E-state index in [2.05, 4.69) is 25.3 Å². The molecule has 6 nitrogen and oxygen atoms in total. The molecule has 0 fully saturated rings. The van der Waals surface area contributed by atoms with E-state index >= 15 is 0 Å². The zero-order chi connectivity index (χ0) is 10.1. The van der Waals surface area contributed by atoms with Crippen molar-refractivity contribution in [2.45, 2.75) is 0 Å². The van der Waals surface area contributed by atoms with Crippen molar-refractivity contribution in [3.63, 3.8) is 0 Å². The quantitative estimate of drug-likeness (QED) is 0.659. The molecule has 0 atom stereocenters. The summed E-state index contributed by atoms with van der Waals surface area (Å²) < 4.78 is 5.11. The molecule has 0 bridgehead atoms. The van der Waals surface area contributed by atoms with Gasteiger partial charge in [-0.05, 0) is 6.07 Å². The first-order valence-corrected chi connectivity index (χ1v) is 4.38. The molecule has 2 N–H and O–H groups in total. The molecule has 74 valence electrons. The standard InChI is InChI=1S/C9H7N5O/c1-2-7(15-3-1)13-9-10-4-6-8(14-9)12-5-11-6/h1-5H,(H2,10,11,12,13,14). The maximum Gasteiger partial charge on any atom is 0.231 e. The van der Waals surface area contributed by atoms with Crippen molar-refractivity contribution in [1.82, 2.24) is 19.9 Å². The maximum absolute atomic E-state index is 5.11. The number of H-pyrrole nitrogens is 1. The van der Waals surface area contributed by atoms with E-state index in [0.717, 1.165) is 5.52 Å². The van der Waals surface area contributed by atoms with Crippen molar-refractivity contribution < 1.29 is 4.42 Å². The Hall–Kier alpha value is -2.37. The molecular weight excluding hydrogens is 194 g/mol. The van der Waals surface area contributed by atoms with Gasteiger partial charge in [0.15, 0.2) is 11.5 Å². The second kappa shape index (κ2) is 3.09. The maximum atomic E-state index is 5.11. The second-order valence-electron chi connectivity index (χ2n) is 2.94. The summed E-state index contributed by atoms with van der Waals surface area (Å²) in [6, 6.07) is 3.58. The number of nitrogens with one attached hydrogen (secondary N) is 2. The highest BCUT2D eigenvalue weighted by molar-refractivity contribution is 5.70. The third kappa shape index (κ3) is 1.41. The van der Waals surface area contributed by atoms with Crippen LogP contribution in [0.1, 0.15) is 0 Å². The van der Waals surface area contributed by atoms with Gasteiger partial charge in [-0.2, -0.15) is 4.98 Å². The predicted molar refractivity (Wildman–Crippen MR) is 53.7 cm³/mol. The number of hydrogen-bond donors (Lipinski definition) is 2. The van der Waals surface area contributed by atoms with Gasteiger partial charge in [-0.15, -0.1) is 0 Å². The van der Waals surface area contributed by atoms with E-state index in [1.165, 1.54) is 0 Å². The minimum atomic E-state index is 0.463. The highest BCUT2D eigenvalue weighted by Crippen LogP contribution is 2.14. The van der Waals surface area contributed by atoms with Gasteiger partial charge in [0, 0.05) is 6.07 Å². The molecule has 0 unspecified atom stereocenters. The van der Waals surface area contributed by atoms with Crippen LogP contribution in [-0.2, 0) is 0 Å². The molecule has 0 aliphatic heterocycles. The topological polar surface area (TPSA) is 79.6 Å². The van der Waals surface area contributed by atoms with E-state index in [1.54, 1.807) is 30.9 Å². The summed E-state index contributed by atoms with van der Waals surface area (Å²) in [5.74, 6) is 1.06. The fraction of sp³-hybridized carbons (Fsp3) is 0. The number of hydrogen-bond acceptors (Lipinski definition) is 5. The molecule has 3 aromatic heterocycles. The number of imidazole rings is 1. The summed E-state index contributed by atoms with van der Waals surface area (Å²) in [7, 11) is 0. The lowest BCUT2D eigenvalue weighted by molar-refractivity contribution is 0.584. The molecule has 3 heterocycles. The molecule has 15 heavy (non-hydrogen) atoms. The van der Waals surface area contributed by atoms with Gasteiger partial charge < -0.3 is 9.40 Å². The number of rotatable bonds is 2. The highest BCUT2D eigenvalue weighted by Gasteiger charge is 2.02. The molecule has 0 spiro atoms.